The number of rotatable bonds is 12. The van der Waals surface area contributed by atoms with Crippen molar-refractivity contribution in [2.45, 2.75) is 70.6 Å². The number of carbonyl (C=O) groups is 1. The Kier molecular flexibility index (Phi) is 7.82. The molecule has 1 aromatic carbocycles. The monoisotopic (exact) mass is 411 g/mol. The smallest absolute Gasteiger partial charge is 0.303 e. The van der Waals surface area contributed by atoms with E-state index in [1.165, 1.54) is 25.0 Å². The van der Waals surface area contributed by atoms with E-state index in [0.717, 1.165) is 56.9 Å². The third kappa shape index (κ3) is 6.31. The van der Waals surface area contributed by atoms with Crippen molar-refractivity contribution in [3.05, 3.63) is 46.1 Å². The molecule has 3 rings (SSSR count). The van der Waals surface area contributed by atoms with Crippen LogP contribution in [0.2, 0.25) is 0 Å². The minimum Gasteiger partial charge on any atom is -0.508 e. The minimum absolute atomic E-state index is 0.0922. The summed E-state index contributed by atoms with van der Waals surface area (Å²) in [6.45, 7) is 0. The van der Waals surface area contributed by atoms with Crippen molar-refractivity contribution >= 4 is 17.1 Å². The summed E-state index contributed by atoms with van der Waals surface area (Å²) in [6, 6.07) is 7.89. The van der Waals surface area contributed by atoms with Crippen molar-refractivity contribution in [1.29, 1.82) is 0 Å². The van der Waals surface area contributed by atoms with Crippen LogP contribution < -0.4 is 5.43 Å². The quantitative estimate of drug-likeness (QED) is 0.300. The summed E-state index contributed by atoms with van der Waals surface area (Å²) in [5, 5.41) is 18.2. The Morgan fingerprint density at radius 1 is 0.900 bits per heavy atom. The van der Waals surface area contributed by atoms with Crippen LogP contribution in [0.3, 0.4) is 0 Å². The number of aliphatic carboxylic acids is 1. The first-order valence-electron chi connectivity index (χ1n) is 10.8. The van der Waals surface area contributed by atoms with Gasteiger partial charge in [0.05, 0.1) is 0 Å². The maximum Gasteiger partial charge on any atom is 0.303 e. The van der Waals surface area contributed by atoms with Crippen molar-refractivity contribution in [2.24, 2.45) is 0 Å². The Balaban J connectivity index is 1.45. The summed E-state index contributed by atoms with van der Waals surface area (Å²) in [7, 11) is 0. The second kappa shape index (κ2) is 10.8. The SMILES string of the molecule is O=C(O)CCCCCCCCCCCc1cc(=O)cc2oc3cc(O)ccc3nc1-2. The molecule has 0 bridgehead atoms. The number of carboxylic acids is 1. The van der Waals surface area contributed by atoms with Gasteiger partial charge in [-0.15, -0.1) is 0 Å². The molecule has 160 valence electrons. The van der Waals surface area contributed by atoms with E-state index < -0.39 is 5.97 Å². The fourth-order valence-electron chi connectivity index (χ4n) is 3.78. The van der Waals surface area contributed by atoms with Crippen molar-refractivity contribution in [2.75, 3.05) is 0 Å². The standard InChI is InChI=1S/C24H29NO5/c26-18-12-13-20-21(15-18)30-22-16-19(27)14-17(24(22)25-20)10-8-6-4-2-1-3-5-7-9-11-23(28)29/h12-16,26H,1-11H2,(H,28,29). The molecule has 0 radical (unpaired) electrons. The summed E-state index contributed by atoms with van der Waals surface area (Å²) in [6.07, 6.45) is 10.7. The topological polar surface area (TPSA) is 101 Å². The van der Waals surface area contributed by atoms with Gasteiger partial charge in [0.15, 0.2) is 16.8 Å². The van der Waals surface area contributed by atoms with E-state index in [-0.39, 0.29) is 17.6 Å². The molecule has 6 nitrogen and oxygen atoms in total. The highest BCUT2D eigenvalue weighted by molar-refractivity contribution is 5.78. The predicted molar refractivity (Wildman–Crippen MR) is 116 cm³/mol. The van der Waals surface area contributed by atoms with E-state index >= 15 is 0 Å². The molecule has 1 heterocycles. The zero-order valence-electron chi connectivity index (χ0n) is 17.2. The minimum atomic E-state index is -0.707. The van der Waals surface area contributed by atoms with Crippen LogP contribution in [0.4, 0.5) is 0 Å². The maximum atomic E-state index is 12.1. The van der Waals surface area contributed by atoms with Crippen LogP contribution in [0.25, 0.3) is 22.6 Å². The fourth-order valence-corrected chi connectivity index (χ4v) is 3.78. The highest BCUT2D eigenvalue weighted by atomic mass is 16.4. The average Bonchev–Trinajstić information content (AvgIpc) is 2.70. The van der Waals surface area contributed by atoms with Gasteiger partial charge in [-0.05, 0) is 43.0 Å². The van der Waals surface area contributed by atoms with Crippen LogP contribution in [0.15, 0.2) is 39.5 Å². The van der Waals surface area contributed by atoms with Gasteiger partial charge in [0.2, 0.25) is 0 Å². The molecular weight excluding hydrogens is 382 g/mol. The Labute approximate surface area is 175 Å². The Morgan fingerprint density at radius 3 is 2.27 bits per heavy atom. The third-order valence-corrected chi connectivity index (χ3v) is 5.36. The molecule has 30 heavy (non-hydrogen) atoms. The molecule has 0 unspecified atom stereocenters. The number of unbranched alkanes of at least 4 members (excludes halogenated alkanes) is 8. The largest absolute Gasteiger partial charge is 0.508 e. The first-order valence-corrected chi connectivity index (χ1v) is 10.8. The van der Waals surface area contributed by atoms with E-state index in [4.69, 9.17) is 9.52 Å². The molecule has 0 fully saturated rings. The normalized spacial score (nSPS) is 11.3. The molecule has 0 saturated heterocycles. The van der Waals surface area contributed by atoms with Gasteiger partial charge in [0.25, 0.3) is 0 Å². The number of aromatic nitrogens is 1. The first kappa shape index (κ1) is 21.8. The van der Waals surface area contributed by atoms with Gasteiger partial charge in [0, 0.05) is 18.6 Å². The van der Waals surface area contributed by atoms with E-state index in [9.17, 15) is 14.7 Å². The highest BCUT2D eigenvalue weighted by Gasteiger charge is 2.15. The molecule has 0 atom stereocenters. The zero-order chi connectivity index (χ0) is 21.3. The van der Waals surface area contributed by atoms with E-state index in [1.807, 2.05) is 0 Å². The fraction of sp³-hybridized carbons (Fsp3) is 0.458. The number of fused-ring (bicyclic) bond motifs is 2. The molecule has 0 saturated carbocycles. The molecule has 1 aromatic rings. The van der Waals surface area contributed by atoms with Crippen LogP contribution in [0.5, 0.6) is 5.75 Å². The highest BCUT2D eigenvalue weighted by Crippen LogP contribution is 2.29. The number of hydrogen-bond donors (Lipinski definition) is 2. The molecule has 0 aromatic heterocycles. The molecule has 0 spiro atoms. The van der Waals surface area contributed by atoms with Crippen LogP contribution in [-0.4, -0.2) is 21.2 Å². The molecule has 6 heteroatoms. The van der Waals surface area contributed by atoms with Gasteiger partial charge in [-0.25, -0.2) is 4.98 Å². The molecular formula is C24H29NO5. The molecule has 2 N–H and O–H groups in total. The number of carboxylic acid groups (broad SMARTS) is 1. The van der Waals surface area contributed by atoms with Gasteiger partial charge in [-0.2, -0.15) is 0 Å². The first-order chi connectivity index (χ1) is 14.5. The zero-order valence-corrected chi connectivity index (χ0v) is 17.2. The number of nitrogens with zero attached hydrogens (tertiary/aromatic N) is 1. The average molecular weight is 411 g/mol. The predicted octanol–water partition coefficient (Wildman–Crippen LogP) is 5.53. The summed E-state index contributed by atoms with van der Waals surface area (Å²) < 4.78 is 5.81. The number of hydrogen-bond acceptors (Lipinski definition) is 5. The summed E-state index contributed by atoms with van der Waals surface area (Å²) in [5.74, 6) is -0.147. The number of benzene rings is 2. The summed E-state index contributed by atoms with van der Waals surface area (Å²) in [5.41, 5.74) is 2.65. The van der Waals surface area contributed by atoms with Crippen molar-refractivity contribution in [1.82, 2.24) is 4.98 Å². The third-order valence-electron chi connectivity index (χ3n) is 5.36. The lowest BCUT2D eigenvalue weighted by Gasteiger charge is -2.11. The van der Waals surface area contributed by atoms with Crippen molar-refractivity contribution in [3.8, 4) is 17.2 Å². The lowest BCUT2D eigenvalue weighted by molar-refractivity contribution is -0.137. The lowest BCUT2D eigenvalue weighted by Crippen LogP contribution is -2.06. The van der Waals surface area contributed by atoms with E-state index in [2.05, 4.69) is 4.98 Å². The second-order valence-corrected chi connectivity index (χ2v) is 7.87. The van der Waals surface area contributed by atoms with Crippen molar-refractivity contribution in [3.63, 3.8) is 0 Å². The van der Waals surface area contributed by atoms with Crippen LogP contribution >= 0.6 is 0 Å². The van der Waals surface area contributed by atoms with Crippen LogP contribution in [-0.2, 0) is 11.2 Å². The Hall–Kier alpha value is -2.89. The van der Waals surface area contributed by atoms with Crippen LogP contribution in [0, 0.1) is 0 Å². The van der Waals surface area contributed by atoms with Crippen molar-refractivity contribution < 1.29 is 19.4 Å². The molecule has 2 aliphatic rings. The summed E-state index contributed by atoms with van der Waals surface area (Å²) in [4.78, 5) is 27.2. The Morgan fingerprint density at radius 2 is 1.57 bits per heavy atom. The maximum absolute atomic E-state index is 12.1. The Bertz CT molecular complexity index is 1010. The lowest BCUT2D eigenvalue weighted by atomic mass is 10.0. The van der Waals surface area contributed by atoms with Gasteiger partial charge in [-0.1, -0.05) is 44.9 Å². The number of aromatic hydroxyl groups is 1. The number of phenols is 1. The molecule has 1 aliphatic carbocycles. The van der Waals surface area contributed by atoms with Gasteiger partial charge >= 0.3 is 5.97 Å². The van der Waals surface area contributed by atoms with Crippen LogP contribution in [0.1, 0.15) is 69.8 Å². The summed E-state index contributed by atoms with van der Waals surface area (Å²) >= 11 is 0. The van der Waals surface area contributed by atoms with E-state index in [0.29, 0.717) is 22.6 Å². The molecule has 1 aliphatic heterocycles. The number of aryl methyl sites for hydroxylation is 1. The second-order valence-electron chi connectivity index (χ2n) is 7.87. The number of phenolic OH excluding ortho intramolecular Hbond substituents is 1. The molecule has 0 amide bonds. The van der Waals surface area contributed by atoms with E-state index in [1.54, 1.807) is 18.2 Å². The van der Waals surface area contributed by atoms with Gasteiger partial charge in [-0.3, -0.25) is 9.59 Å². The van der Waals surface area contributed by atoms with Gasteiger partial charge in [0.1, 0.15) is 17.0 Å². The van der Waals surface area contributed by atoms with Gasteiger partial charge < -0.3 is 14.6 Å².